The zero-order valence-electron chi connectivity index (χ0n) is 15.6. The molecule has 0 radical (unpaired) electrons. The van der Waals surface area contributed by atoms with Crippen molar-refractivity contribution in [2.45, 2.75) is 40.0 Å². The molecule has 2 heterocycles. The molecule has 132 valence electrons. The van der Waals surface area contributed by atoms with E-state index in [9.17, 15) is 4.79 Å². The lowest BCUT2D eigenvalue weighted by Gasteiger charge is -2.17. The van der Waals surface area contributed by atoms with Crippen LogP contribution in [0.25, 0.3) is 10.9 Å². The minimum Gasteiger partial charge on any atom is -0.359 e. The molecule has 0 saturated carbocycles. The molecule has 0 saturated heterocycles. The predicted octanol–water partition coefficient (Wildman–Crippen LogP) is 3.87. The average molecular weight is 338 g/mol. The van der Waals surface area contributed by atoms with Crippen LogP contribution in [0, 0.1) is 13.8 Å². The van der Waals surface area contributed by atoms with Gasteiger partial charge in [0, 0.05) is 41.9 Å². The lowest BCUT2D eigenvalue weighted by molar-refractivity contribution is -0.120. The summed E-state index contributed by atoms with van der Waals surface area (Å²) in [6.07, 6.45) is 0.363. The van der Waals surface area contributed by atoms with Crippen LogP contribution in [0.2, 0.25) is 0 Å². The molecule has 5 nitrogen and oxygen atoms in total. The molecule has 3 aromatic rings. The lowest BCUT2D eigenvalue weighted by Crippen LogP contribution is -2.21. The van der Waals surface area contributed by atoms with E-state index in [1.165, 1.54) is 0 Å². The van der Waals surface area contributed by atoms with Crippen LogP contribution in [0.15, 0.2) is 36.4 Å². The van der Waals surface area contributed by atoms with Gasteiger partial charge in [-0.3, -0.25) is 14.9 Å². The summed E-state index contributed by atoms with van der Waals surface area (Å²) in [6.45, 7) is 7.96. The highest BCUT2D eigenvalue weighted by Gasteiger charge is 2.20. The van der Waals surface area contributed by atoms with E-state index in [2.05, 4.69) is 32.6 Å². The Morgan fingerprint density at radius 2 is 1.96 bits per heavy atom. The Balaban J connectivity index is 0.00000109. The highest BCUT2D eigenvalue weighted by atomic mass is 16.1. The van der Waals surface area contributed by atoms with Crippen LogP contribution >= 0.6 is 0 Å². The van der Waals surface area contributed by atoms with E-state index >= 15 is 0 Å². The van der Waals surface area contributed by atoms with Gasteiger partial charge in [-0.25, -0.2) is 0 Å². The molecular formula is C20H26N4O. The van der Waals surface area contributed by atoms with E-state index in [1.54, 1.807) is 7.05 Å². The van der Waals surface area contributed by atoms with Gasteiger partial charge in [-0.1, -0.05) is 32.0 Å². The molecule has 0 fully saturated rings. The second-order valence-corrected chi connectivity index (χ2v) is 5.76. The van der Waals surface area contributed by atoms with Crippen LogP contribution in [-0.2, 0) is 4.79 Å². The summed E-state index contributed by atoms with van der Waals surface area (Å²) in [5.41, 5.74) is 4.85. The summed E-state index contributed by atoms with van der Waals surface area (Å²) >= 11 is 0. The first-order chi connectivity index (χ1) is 12.1. The second-order valence-electron chi connectivity index (χ2n) is 5.76. The minimum atomic E-state index is -0.0868. The van der Waals surface area contributed by atoms with Crippen molar-refractivity contribution in [3.63, 3.8) is 0 Å². The molecule has 3 rings (SSSR count). The molecule has 0 aliphatic heterocycles. The van der Waals surface area contributed by atoms with E-state index in [-0.39, 0.29) is 11.8 Å². The average Bonchev–Trinajstić information content (AvgIpc) is 3.01. The summed E-state index contributed by atoms with van der Waals surface area (Å²) in [5, 5.41) is 11.1. The van der Waals surface area contributed by atoms with Gasteiger partial charge in [0.2, 0.25) is 5.91 Å². The van der Waals surface area contributed by atoms with Gasteiger partial charge in [-0.2, -0.15) is 5.10 Å². The number of nitrogens with zero attached hydrogens (tertiary/aromatic N) is 2. The number of carbonyl (C=O) groups excluding carboxylic acids is 1. The predicted molar refractivity (Wildman–Crippen MR) is 102 cm³/mol. The molecule has 0 bridgehead atoms. The van der Waals surface area contributed by atoms with Gasteiger partial charge in [0.25, 0.3) is 0 Å². The van der Waals surface area contributed by atoms with Crippen molar-refractivity contribution in [1.29, 1.82) is 0 Å². The van der Waals surface area contributed by atoms with Crippen LogP contribution < -0.4 is 5.32 Å². The number of hydrogen-bond donors (Lipinski definition) is 2. The van der Waals surface area contributed by atoms with Crippen LogP contribution in [0.1, 0.15) is 48.8 Å². The fourth-order valence-electron chi connectivity index (χ4n) is 2.82. The van der Waals surface area contributed by atoms with E-state index < -0.39 is 0 Å². The zero-order chi connectivity index (χ0) is 18.4. The third-order valence-corrected chi connectivity index (χ3v) is 4.11. The summed E-state index contributed by atoms with van der Waals surface area (Å²) in [7, 11) is 1.66. The Morgan fingerprint density at radius 1 is 1.20 bits per heavy atom. The molecule has 5 heteroatoms. The molecule has 0 aliphatic carbocycles. The van der Waals surface area contributed by atoms with Crippen molar-refractivity contribution >= 4 is 16.8 Å². The van der Waals surface area contributed by atoms with Crippen molar-refractivity contribution in [3.8, 4) is 0 Å². The molecule has 2 aromatic heterocycles. The molecule has 1 amide bonds. The molecule has 2 N–H and O–H groups in total. The van der Waals surface area contributed by atoms with Crippen molar-refractivity contribution in [3.05, 3.63) is 59.0 Å². The maximum atomic E-state index is 12.0. The number of aryl methyl sites for hydroxylation is 2. The SMILES string of the molecule is CC.CNC(=O)CC(c1ccc2c(C)[nH]nc2c1)c1cccc(C)n1. The van der Waals surface area contributed by atoms with Crippen molar-refractivity contribution in [2.75, 3.05) is 7.05 Å². The first-order valence-corrected chi connectivity index (χ1v) is 8.67. The molecule has 1 aromatic carbocycles. The van der Waals surface area contributed by atoms with Crippen LogP contribution in [-0.4, -0.2) is 28.1 Å². The Morgan fingerprint density at radius 3 is 2.64 bits per heavy atom. The van der Waals surface area contributed by atoms with Gasteiger partial charge in [-0.15, -0.1) is 0 Å². The number of benzene rings is 1. The number of pyridine rings is 1. The van der Waals surface area contributed by atoms with E-state index in [0.717, 1.165) is 33.5 Å². The summed E-state index contributed by atoms with van der Waals surface area (Å²) in [6, 6.07) is 12.1. The van der Waals surface area contributed by atoms with Crippen LogP contribution in [0.4, 0.5) is 0 Å². The lowest BCUT2D eigenvalue weighted by atomic mass is 9.90. The van der Waals surface area contributed by atoms with Gasteiger partial charge in [-0.05, 0) is 37.6 Å². The Hall–Kier alpha value is -2.69. The number of rotatable bonds is 4. The molecule has 25 heavy (non-hydrogen) atoms. The zero-order valence-corrected chi connectivity index (χ0v) is 15.6. The maximum Gasteiger partial charge on any atom is 0.220 e. The summed E-state index contributed by atoms with van der Waals surface area (Å²) < 4.78 is 0. The second kappa shape index (κ2) is 8.42. The minimum absolute atomic E-state index is 0.00314. The Labute approximate surface area is 148 Å². The number of carbonyl (C=O) groups is 1. The van der Waals surface area contributed by atoms with E-state index in [0.29, 0.717) is 6.42 Å². The van der Waals surface area contributed by atoms with Gasteiger partial charge >= 0.3 is 0 Å². The smallest absolute Gasteiger partial charge is 0.220 e. The van der Waals surface area contributed by atoms with Crippen molar-refractivity contribution in [1.82, 2.24) is 20.5 Å². The number of fused-ring (bicyclic) bond motifs is 1. The standard InChI is InChI=1S/C18H20N4O.C2H6/c1-11-5-4-6-16(20-11)15(10-18(23)19-3)13-7-8-14-12(2)21-22-17(14)9-13;1-2/h4-9,15H,10H2,1-3H3,(H,19,23)(H,21,22);1-2H3. The quantitative estimate of drug-likeness (QED) is 0.758. The fraction of sp³-hybridized carbons (Fsp3) is 0.350. The topological polar surface area (TPSA) is 70.7 Å². The maximum absolute atomic E-state index is 12.0. The summed E-state index contributed by atoms with van der Waals surface area (Å²) in [4.78, 5) is 16.6. The van der Waals surface area contributed by atoms with Crippen LogP contribution in [0.3, 0.4) is 0 Å². The molecule has 1 unspecified atom stereocenters. The number of H-pyrrole nitrogens is 1. The number of aromatic nitrogens is 3. The fourth-order valence-corrected chi connectivity index (χ4v) is 2.82. The molecule has 0 spiro atoms. The third-order valence-electron chi connectivity index (χ3n) is 4.11. The number of nitrogens with one attached hydrogen (secondary N) is 2. The Kier molecular flexibility index (Phi) is 6.28. The number of amides is 1. The normalized spacial score (nSPS) is 11.6. The van der Waals surface area contributed by atoms with Gasteiger partial charge in [0.15, 0.2) is 0 Å². The van der Waals surface area contributed by atoms with Gasteiger partial charge in [0.05, 0.1) is 5.52 Å². The summed E-state index contributed by atoms with van der Waals surface area (Å²) in [5.74, 6) is -0.0899. The first-order valence-electron chi connectivity index (χ1n) is 8.67. The molecule has 0 aliphatic rings. The van der Waals surface area contributed by atoms with Crippen molar-refractivity contribution in [2.24, 2.45) is 0 Å². The third kappa shape index (κ3) is 4.24. The largest absolute Gasteiger partial charge is 0.359 e. The number of hydrogen-bond acceptors (Lipinski definition) is 3. The van der Waals surface area contributed by atoms with Crippen molar-refractivity contribution < 1.29 is 4.79 Å². The number of aromatic amines is 1. The van der Waals surface area contributed by atoms with Gasteiger partial charge in [0.1, 0.15) is 0 Å². The highest BCUT2D eigenvalue weighted by molar-refractivity contribution is 5.82. The Bertz CT molecular complexity index is 854. The molecular weight excluding hydrogens is 312 g/mol. The highest BCUT2D eigenvalue weighted by Crippen LogP contribution is 2.29. The van der Waals surface area contributed by atoms with Gasteiger partial charge < -0.3 is 5.32 Å². The van der Waals surface area contributed by atoms with E-state index in [1.807, 2.05) is 52.0 Å². The first kappa shape index (κ1) is 18.6. The monoisotopic (exact) mass is 338 g/mol. The van der Waals surface area contributed by atoms with Crippen LogP contribution in [0.5, 0.6) is 0 Å². The molecule has 1 atom stereocenters. The van der Waals surface area contributed by atoms with E-state index in [4.69, 9.17) is 0 Å².